The summed E-state index contributed by atoms with van der Waals surface area (Å²) in [6, 6.07) is 6.13. The topological polar surface area (TPSA) is 66.8 Å². The van der Waals surface area contributed by atoms with E-state index in [1.807, 2.05) is 25.3 Å². The number of benzene rings is 1. The van der Waals surface area contributed by atoms with E-state index in [0.717, 1.165) is 23.3 Å². The maximum absolute atomic E-state index is 12.9. The molecule has 1 saturated heterocycles. The van der Waals surface area contributed by atoms with Crippen molar-refractivity contribution >= 4 is 40.4 Å². The van der Waals surface area contributed by atoms with Gasteiger partial charge in [-0.1, -0.05) is 24.9 Å². The van der Waals surface area contributed by atoms with Crippen LogP contribution in [0.4, 0.5) is 0 Å². The molecule has 1 aliphatic rings. The smallest absolute Gasteiger partial charge is 0.295 e. The third-order valence-electron chi connectivity index (χ3n) is 4.87. The zero-order valence-corrected chi connectivity index (χ0v) is 17.6. The monoisotopic (exact) mass is 419 g/mol. The van der Waals surface area contributed by atoms with Gasteiger partial charge in [0.1, 0.15) is 11.5 Å². The van der Waals surface area contributed by atoms with Gasteiger partial charge in [0.2, 0.25) is 0 Å². The minimum absolute atomic E-state index is 0.107. The Hall–Kier alpha value is -2.31. The predicted molar refractivity (Wildman–Crippen MR) is 111 cm³/mol. The summed E-state index contributed by atoms with van der Waals surface area (Å²) in [5.74, 6) is -1.08. The molecule has 3 rings (SSSR count). The van der Waals surface area contributed by atoms with Crippen molar-refractivity contribution < 1.29 is 19.4 Å². The number of methoxy groups -OCH3 is 1. The van der Waals surface area contributed by atoms with E-state index in [1.54, 1.807) is 23.1 Å². The number of rotatable bonds is 6. The lowest BCUT2D eigenvalue weighted by Crippen LogP contribution is -2.30. The van der Waals surface area contributed by atoms with Crippen LogP contribution in [0.15, 0.2) is 35.2 Å². The van der Waals surface area contributed by atoms with Crippen molar-refractivity contribution in [3.05, 3.63) is 56.2 Å². The zero-order chi connectivity index (χ0) is 20.4. The SMILES string of the molecule is CCCCN1C(=O)C(=O)/C(=C(\O)c2ccc(Cl)c(OC)c2)C1c1sccc1C. The van der Waals surface area contributed by atoms with Gasteiger partial charge in [-0.05, 0) is 48.6 Å². The maximum Gasteiger partial charge on any atom is 0.295 e. The molecule has 1 aliphatic heterocycles. The highest BCUT2D eigenvalue weighted by atomic mass is 35.5. The summed E-state index contributed by atoms with van der Waals surface area (Å²) < 4.78 is 5.21. The van der Waals surface area contributed by atoms with Crippen molar-refractivity contribution in [2.24, 2.45) is 0 Å². The Labute approximate surface area is 173 Å². The molecular formula is C21H22ClNO4S. The summed E-state index contributed by atoms with van der Waals surface area (Å²) in [4.78, 5) is 28.1. The minimum atomic E-state index is -0.666. The Kier molecular flexibility index (Phi) is 6.10. The first-order valence-corrected chi connectivity index (χ1v) is 10.3. The van der Waals surface area contributed by atoms with Gasteiger partial charge in [-0.25, -0.2) is 0 Å². The van der Waals surface area contributed by atoms with Gasteiger partial charge in [-0.3, -0.25) is 9.59 Å². The molecule has 2 aromatic rings. The first-order chi connectivity index (χ1) is 13.4. The van der Waals surface area contributed by atoms with Gasteiger partial charge in [-0.15, -0.1) is 11.3 Å². The molecule has 0 aliphatic carbocycles. The number of nitrogens with zero attached hydrogens (tertiary/aromatic N) is 1. The number of hydrogen-bond acceptors (Lipinski definition) is 5. The molecule has 1 unspecified atom stereocenters. The molecule has 1 aromatic heterocycles. The van der Waals surface area contributed by atoms with Crippen LogP contribution in [0.3, 0.4) is 0 Å². The molecule has 148 valence electrons. The number of thiophene rings is 1. The van der Waals surface area contributed by atoms with E-state index >= 15 is 0 Å². The average Bonchev–Trinajstić information content (AvgIpc) is 3.21. The van der Waals surface area contributed by atoms with Crippen LogP contribution >= 0.6 is 22.9 Å². The number of halogens is 1. The minimum Gasteiger partial charge on any atom is -0.507 e. The molecule has 1 aromatic carbocycles. The summed E-state index contributed by atoms with van der Waals surface area (Å²) in [5.41, 5.74) is 1.47. The highest BCUT2D eigenvalue weighted by Gasteiger charge is 2.46. The number of hydrogen-bond donors (Lipinski definition) is 1. The number of aliphatic hydroxyl groups excluding tert-OH is 1. The largest absolute Gasteiger partial charge is 0.507 e. The van der Waals surface area contributed by atoms with E-state index in [-0.39, 0.29) is 11.3 Å². The third-order valence-corrected chi connectivity index (χ3v) is 6.25. The lowest BCUT2D eigenvalue weighted by atomic mass is 9.98. The second kappa shape index (κ2) is 8.37. The fourth-order valence-corrected chi connectivity index (χ4v) is 4.58. The lowest BCUT2D eigenvalue weighted by Gasteiger charge is -2.24. The first-order valence-electron chi connectivity index (χ1n) is 9.07. The Morgan fingerprint density at radius 2 is 2.07 bits per heavy atom. The van der Waals surface area contributed by atoms with Crippen molar-refractivity contribution in [2.75, 3.05) is 13.7 Å². The van der Waals surface area contributed by atoms with Gasteiger partial charge in [0.05, 0.1) is 23.7 Å². The van der Waals surface area contributed by atoms with Crippen LogP contribution in [-0.4, -0.2) is 35.4 Å². The molecule has 1 N–H and O–H groups in total. The summed E-state index contributed by atoms with van der Waals surface area (Å²) in [6.45, 7) is 4.43. The maximum atomic E-state index is 12.9. The number of aryl methyl sites for hydroxylation is 1. The molecule has 7 heteroatoms. The molecule has 2 heterocycles. The van der Waals surface area contributed by atoms with E-state index in [4.69, 9.17) is 16.3 Å². The van der Waals surface area contributed by atoms with Gasteiger partial charge in [0.15, 0.2) is 0 Å². The second-order valence-electron chi connectivity index (χ2n) is 6.66. The van der Waals surface area contributed by atoms with E-state index in [2.05, 4.69) is 0 Å². The molecule has 1 atom stereocenters. The molecule has 1 amide bonds. The van der Waals surface area contributed by atoms with Crippen molar-refractivity contribution in [3.8, 4) is 5.75 Å². The molecule has 0 spiro atoms. The highest BCUT2D eigenvalue weighted by molar-refractivity contribution is 7.10. The van der Waals surface area contributed by atoms with E-state index in [1.165, 1.54) is 18.4 Å². The normalized spacial score (nSPS) is 18.7. The molecule has 0 radical (unpaired) electrons. The zero-order valence-electron chi connectivity index (χ0n) is 16.0. The third kappa shape index (κ3) is 3.54. The van der Waals surface area contributed by atoms with Crippen LogP contribution in [0.1, 0.15) is 41.8 Å². The van der Waals surface area contributed by atoms with Crippen molar-refractivity contribution in [1.29, 1.82) is 0 Å². The van der Waals surface area contributed by atoms with Crippen LogP contribution in [0.25, 0.3) is 5.76 Å². The van der Waals surface area contributed by atoms with E-state index < -0.39 is 17.7 Å². The fourth-order valence-electron chi connectivity index (χ4n) is 3.34. The Bertz CT molecular complexity index is 950. The Morgan fingerprint density at radius 1 is 1.32 bits per heavy atom. The van der Waals surface area contributed by atoms with Gasteiger partial charge >= 0.3 is 0 Å². The lowest BCUT2D eigenvalue weighted by molar-refractivity contribution is -0.139. The molecule has 5 nitrogen and oxygen atoms in total. The number of ether oxygens (including phenoxy) is 1. The number of carbonyl (C=O) groups is 2. The van der Waals surface area contributed by atoms with Crippen LogP contribution in [-0.2, 0) is 9.59 Å². The standard InChI is InChI=1S/C21H22ClNO4S/c1-4-5-9-23-17(20-12(2)8-10-28-20)16(19(25)21(23)26)18(24)13-6-7-14(22)15(11-13)27-3/h6-8,10-11,17,24H,4-5,9H2,1-3H3/b18-16-. The molecule has 0 bridgehead atoms. The number of likely N-dealkylation sites (tertiary alicyclic amines) is 1. The number of unbranched alkanes of at least 4 members (excludes halogenated alkanes) is 1. The number of Topliss-reactive ketones (excluding diaryl/α,β-unsaturated/α-hetero) is 1. The first kappa shape index (κ1) is 20.4. The van der Waals surface area contributed by atoms with E-state index in [0.29, 0.717) is 22.9 Å². The molecular weight excluding hydrogens is 398 g/mol. The van der Waals surface area contributed by atoms with Gasteiger partial charge < -0.3 is 14.7 Å². The van der Waals surface area contributed by atoms with Gasteiger partial charge in [0.25, 0.3) is 11.7 Å². The van der Waals surface area contributed by atoms with Crippen LogP contribution < -0.4 is 4.74 Å². The van der Waals surface area contributed by atoms with Crippen LogP contribution in [0.5, 0.6) is 5.75 Å². The number of amides is 1. The van der Waals surface area contributed by atoms with Crippen LogP contribution in [0.2, 0.25) is 5.02 Å². The predicted octanol–water partition coefficient (Wildman–Crippen LogP) is 4.94. The Balaban J connectivity index is 2.18. The highest BCUT2D eigenvalue weighted by Crippen LogP contribution is 2.43. The van der Waals surface area contributed by atoms with Gasteiger partial charge in [0, 0.05) is 17.0 Å². The summed E-state index contributed by atoms with van der Waals surface area (Å²) in [5, 5.41) is 13.3. The van der Waals surface area contributed by atoms with Crippen molar-refractivity contribution in [1.82, 2.24) is 4.90 Å². The second-order valence-corrected chi connectivity index (χ2v) is 8.02. The van der Waals surface area contributed by atoms with Gasteiger partial charge in [-0.2, -0.15) is 0 Å². The van der Waals surface area contributed by atoms with Crippen molar-refractivity contribution in [3.63, 3.8) is 0 Å². The van der Waals surface area contributed by atoms with Crippen molar-refractivity contribution in [2.45, 2.75) is 32.7 Å². The van der Waals surface area contributed by atoms with Crippen LogP contribution in [0, 0.1) is 6.92 Å². The summed E-state index contributed by atoms with van der Waals surface area (Å²) in [7, 11) is 1.48. The molecule has 0 saturated carbocycles. The average molecular weight is 420 g/mol. The molecule has 1 fully saturated rings. The molecule has 28 heavy (non-hydrogen) atoms. The number of ketones is 1. The summed E-state index contributed by atoms with van der Waals surface area (Å²) in [6.07, 6.45) is 1.68. The quantitative estimate of drug-likeness (QED) is 0.409. The number of aliphatic hydroxyl groups is 1. The van der Waals surface area contributed by atoms with E-state index in [9.17, 15) is 14.7 Å². The summed E-state index contributed by atoms with van der Waals surface area (Å²) >= 11 is 7.55. The fraction of sp³-hybridized carbons (Fsp3) is 0.333. The number of carbonyl (C=O) groups excluding carboxylic acids is 2. The Morgan fingerprint density at radius 3 is 2.68 bits per heavy atom.